The van der Waals surface area contributed by atoms with Gasteiger partial charge in [-0.2, -0.15) is 0 Å². The molecule has 1 atom stereocenters. The molecule has 0 amide bonds. The van der Waals surface area contributed by atoms with E-state index in [1.807, 2.05) is 6.92 Å². The van der Waals surface area contributed by atoms with Gasteiger partial charge in [-0.25, -0.2) is 0 Å². The van der Waals surface area contributed by atoms with E-state index >= 15 is 0 Å². The lowest BCUT2D eigenvalue weighted by molar-refractivity contribution is 0.263. The van der Waals surface area contributed by atoms with Crippen molar-refractivity contribution < 1.29 is 0 Å². The molecule has 0 aromatic heterocycles. The van der Waals surface area contributed by atoms with Crippen LogP contribution in [-0.4, -0.2) is 5.54 Å². The Balaban J connectivity index is 4.32. The van der Waals surface area contributed by atoms with Gasteiger partial charge in [0.2, 0.25) is 0 Å². The van der Waals surface area contributed by atoms with Crippen LogP contribution in [0.1, 0.15) is 27.7 Å². The Kier molecular flexibility index (Phi) is 2.07. The van der Waals surface area contributed by atoms with Crippen molar-refractivity contribution in [2.45, 2.75) is 33.2 Å². The van der Waals surface area contributed by atoms with Crippen molar-refractivity contribution in [1.82, 2.24) is 0 Å². The van der Waals surface area contributed by atoms with E-state index in [1.54, 1.807) is 6.08 Å². The molecule has 0 aliphatic heterocycles. The first-order valence-corrected chi connectivity index (χ1v) is 3.24. The molecule has 0 rings (SSSR count). The molecule has 0 radical (unpaired) electrons. The van der Waals surface area contributed by atoms with Crippen molar-refractivity contribution in [3.05, 3.63) is 12.7 Å². The normalized spacial score (nSPS) is 18.8. The molecule has 0 aliphatic carbocycles. The molecule has 54 valence electrons. The predicted octanol–water partition coefficient (Wildman–Crippen LogP) is 1.94. The molecule has 0 heterocycles. The molecule has 0 aromatic carbocycles. The number of hydrogen-bond acceptors (Lipinski definition) is 1. The summed E-state index contributed by atoms with van der Waals surface area (Å²) in [7, 11) is 0. The highest BCUT2D eigenvalue weighted by molar-refractivity contribution is 5.04. The van der Waals surface area contributed by atoms with Gasteiger partial charge in [-0.15, -0.1) is 6.58 Å². The summed E-state index contributed by atoms with van der Waals surface area (Å²) in [5.74, 6) is 0. The van der Waals surface area contributed by atoms with E-state index in [2.05, 4.69) is 27.4 Å². The Hall–Kier alpha value is -0.300. The Morgan fingerprint density at radius 3 is 1.56 bits per heavy atom. The monoisotopic (exact) mass is 127 g/mol. The van der Waals surface area contributed by atoms with Crippen LogP contribution in [0, 0.1) is 5.41 Å². The highest BCUT2D eigenvalue weighted by atomic mass is 14.7. The minimum atomic E-state index is -0.257. The summed E-state index contributed by atoms with van der Waals surface area (Å²) in [6.45, 7) is 12.0. The van der Waals surface area contributed by atoms with Crippen molar-refractivity contribution >= 4 is 0 Å². The zero-order chi connectivity index (χ0) is 7.71. The average Bonchev–Trinajstić information content (AvgIpc) is 1.64. The molecule has 0 spiro atoms. The Bertz CT molecular complexity index is 106. The van der Waals surface area contributed by atoms with E-state index in [9.17, 15) is 0 Å². The standard InChI is InChI=1S/C8H17N/c1-6-8(5,9)7(2,3)4/h6H,1,9H2,2-5H3. The maximum atomic E-state index is 5.88. The molecule has 9 heavy (non-hydrogen) atoms. The maximum Gasteiger partial charge on any atom is 0.0357 e. The van der Waals surface area contributed by atoms with Crippen LogP contribution in [0.3, 0.4) is 0 Å². The molecule has 0 fully saturated rings. The smallest absolute Gasteiger partial charge is 0.0357 e. The van der Waals surface area contributed by atoms with E-state index in [1.165, 1.54) is 0 Å². The van der Waals surface area contributed by atoms with Gasteiger partial charge in [0, 0.05) is 5.54 Å². The fraction of sp³-hybridized carbons (Fsp3) is 0.750. The quantitative estimate of drug-likeness (QED) is 0.535. The van der Waals surface area contributed by atoms with Gasteiger partial charge < -0.3 is 5.73 Å². The molecule has 1 unspecified atom stereocenters. The van der Waals surface area contributed by atoms with Crippen molar-refractivity contribution in [3.63, 3.8) is 0 Å². The summed E-state index contributed by atoms with van der Waals surface area (Å²) in [6, 6.07) is 0. The number of nitrogens with two attached hydrogens (primary N) is 1. The van der Waals surface area contributed by atoms with Gasteiger partial charge in [-0.05, 0) is 12.3 Å². The van der Waals surface area contributed by atoms with Crippen LogP contribution in [0.15, 0.2) is 12.7 Å². The molecule has 1 heteroatoms. The fourth-order valence-corrected chi connectivity index (χ4v) is 0.306. The zero-order valence-corrected chi connectivity index (χ0v) is 6.86. The summed E-state index contributed by atoms with van der Waals surface area (Å²) < 4.78 is 0. The van der Waals surface area contributed by atoms with Gasteiger partial charge in [-0.3, -0.25) is 0 Å². The van der Waals surface area contributed by atoms with Crippen LogP contribution in [0.4, 0.5) is 0 Å². The largest absolute Gasteiger partial charge is 0.322 e. The summed E-state index contributed by atoms with van der Waals surface area (Å²) >= 11 is 0. The fourth-order valence-electron chi connectivity index (χ4n) is 0.306. The molecule has 0 aromatic rings. The lowest BCUT2D eigenvalue weighted by atomic mass is 9.76. The minimum Gasteiger partial charge on any atom is -0.322 e. The third-order valence-corrected chi connectivity index (χ3v) is 2.04. The first kappa shape index (κ1) is 8.70. The molecular formula is C8H17N. The van der Waals surface area contributed by atoms with Crippen molar-refractivity contribution in [3.8, 4) is 0 Å². The molecule has 1 nitrogen and oxygen atoms in total. The predicted molar refractivity (Wildman–Crippen MR) is 42.2 cm³/mol. The van der Waals surface area contributed by atoms with E-state index in [-0.39, 0.29) is 11.0 Å². The third-order valence-electron chi connectivity index (χ3n) is 2.04. The third kappa shape index (κ3) is 1.83. The van der Waals surface area contributed by atoms with Gasteiger partial charge in [0.1, 0.15) is 0 Å². The first-order chi connectivity index (χ1) is 3.81. The zero-order valence-electron chi connectivity index (χ0n) is 6.86. The van der Waals surface area contributed by atoms with Crippen LogP contribution >= 0.6 is 0 Å². The van der Waals surface area contributed by atoms with E-state index < -0.39 is 0 Å². The number of rotatable bonds is 1. The first-order valence-electron chi connectivity index (χ1n) is 3.24. The van der Waals surface area contributed by atoms with E-state index in [4.69, 9.17) is 5.73 Å². The van der Waals surface area contributed by atoms with Gasteiger partial charge in [-0.1, -0.05) is 26.8 Å². The highest BCUT2D eigenvalue weighted by Gasteiger charge is 2.29. The van der Waals surface area contributed by atoms with Crippen LogP contribution in [-0.2, 0) is 0 Å². The van der Waals surface area contributed by atoms with Gasteiger partial charge in [0.25, 0.3) is 0 Å². The average molecular weight is 127 g/mol. The molecule has 0 saturated carbocycles. The van der Waals surface area contributed by atoms with Gasteiger partial charge in [0.15, 0.2) is 0 Å². The topological polar surface area (TPSA) is 26.0 Å². The maximum absolute atomic E-state index is 5.88. The second-order valence-electron chi connectivity index (χ2n) is 3.74. The van der Waals surface area contributed by atoms with Crippen molar-refractivity contribution in [2.24, 2.45) is 11.1 Å². The molecule has 2 N–H and O–H groups in total. The summed E-state index contributed by atoms with van der Waals surface area (Å²) in [5, 5.41) is 0. The highest BCUT2D eigenvalue weighted by Crippen LogP contribution is 2.27. The Morgan fingerprint density at radius 1 is 1.22 bits per heavy atom. The van der Waals surface area contributed by atoms with Gasteiger partial charge in [0.05, 0.1) is 0 Å². The Morgan fingerprint density at radius 2 is 1.56 bits per heavy atom. The van der Waals surface area contributed by atoms with Crippen LogP contribution in [0.5, 0.6) is 0 Å². The summed E-state index contributed by atoms with van der Waals surface area (Å²) in [5.41, 5.74) is 5.72. The SMILES string of the molecule is C=CC(C)(N)C(C)(C)C. The Labute approximate surface area is 57.9 Å². The molecule has 0 saturated heterocycles. The summed E-state index contributed by atoms with van der Waals surface area (Å²) in [4.78, 5) is 0. The lowest BCUT2D eigenvalue weighted by Crippen LogP contribution is -2.46. The van der Waals surface area contributed by atoms with Crippen LogP contribution in [0.2, 0.25) is 0 Å². The van der Waals surface area contributed by atoms with Crippen LogP contribution in [0.25, 0.3) is 0 Å². The van der Waals surface area contributed by atoms with Crippen LogP contribution < -0.4 is 5.73 Å². The number of hydrogen-bond donors (Lipinski definition) is 1. The summed E-state index contributed by atoms with van der Waals surface area (Å²) in [6.07, 6.45) is 1.80. The molecule has 0 aliphatic rings. The second kappa shape index (κ2) is 2.14. The second-order valence-corrected chi connectivity index (χ2v) is 3.74. The minimum absolute atomic E-state index is 0.106. The van der Waals surface area contributed by atoms with Crippen molar-refractivity contribution in [2.75, 3.05) is 0 Å². The lowest BCUT2D eigenvalue weighted by Gasteiger charge is -2.35. The van der Waals surface area contributed by atoms with Crippen molar-refractivity contribution in [1.29, 1.82) is 0 Å². The van der Waals surface area contributed by atoms with E-state index in [0.717, 1.165) is 0 Å². The molecular weight excluding hydrogens is 110 g/mol. The van der Waals surface area contributed by atoms with Gasteiger partial charge >= 0.3 is 0 Å². The van der Waals surface area contributed by atoms with E-state index in [0.29, 0.717) is 0 Å². The molecule has 0 bridgehead atoms.